The van der Waals surface area contributed by atoms with Crippen LogP contribution >= 0.6 is 0 Å². The van der Waals surface area contributed by atoms with Gasteiger partial charge in [-0.2, -0.15) is 0 Å². The van der Waals surface area contributed by atoms with Gasteiger partial charge in [0.25, 0.3) is 0 Å². The Hall–Kier alpha value is -2.89. The lowest BCUT2D eigenvalue weighted by molar-refractivity contribution is -0.169. The number of hydrogen-bond donors (Lipinski definition) is 1. The van der Waals surface area contributed by atoms with Crippen LogP contribution in [0.25, 0.3) is 10.8 Å². The molecule has 6 nitrogen and oxygen atoms in total. The molecule has 0 bridgehead atoms. The predicted molar refractivity (Wildman–Crippen MR) is 102 cm³/mol. The number of esters is 2. The van der Waals surface area contributed by atoms with Gasteiger partial charge >= 0.3 is 11.9 Å². The maximum atomic E-state index is 12.9. The number of benzene rings is 2. The van der Waals surface area contributed by atoms with Crippen LogP contribution in [0.5, 0.6) is 0 Å². The molecule has 1 atom stereocenters. The lowest BCUT2D eigenvalue weighted by atomic mass is 9.78. The normalized spacial score (nSPS) is 12.3. The molecule has 0 spiro atoms. The highest BCUT2D eigenvalue weighted by molar-refractivity contribution is 6.09. The van der Waals surface area contributed by atoms with Crippen molar-refractivity contribution in [2.45, 2.75) is 39.2 Å². The quantitative estimate of drug-likeness (QED) is 0.598. The molecule has 2 aromatic carbocycles. The molecule has 1 amide bonds. The van der Waals surface area contributed by atoms with E-state index in [-0.39, 0.29) is 13.2 Å². The summed E-state index contributed by atoms with van der Waals surface area (Å²) in [4.78, 5) is 37.8. The minimum Gasteiger partial charge on any atom is -0.464 e. The summed E-state index contributed by atoms with van der Waals surface area (Å²) in [5, 5.41) is 4.39. The van der Waals surface area contributed by atoms with E-state index in [1.165, 1.54) is 6.92 Å². The average Bonchev–Trinajstić information content (AvgIpc) is 2.65. The maximum absolute atomic E-state index is 12.9. The number of rotatable bonds is 7. The largest absolute Gasteiger partial charge is 0.464 e. The van der Waals surface area contributed by atoms with Crippen LogP contribution in [0.15, 0.2) is 42.5 Å². The smallest absolute Gasteiger partial charge is 0.344 e. The van der Waals surface area contributed by atoms with Gasteiger partial charge in [-0.05, 0) is 30.2 Å². The van der Waals surface area contributed by atoms with Crippen LogP contribution in [-0.4, -0.2) is 36.6 Å². The fourth-order valence-electron chi connectivity index (χ4n) is 3.28. The molecule has 0 heterocycles. The summed E-state index contributed by atoms with van der Waals surface area (Å²) < 4.78 is 10.4. The van der Waals surface area contributed by atoms with Crippen LogP contribution in [-0.2, 0) is 23.9 Å². The summed E-state index contributed by atoms with van der Waals surface area (Å²) in [5.41, 5.74) is -1.23. The summed E-state index contributed by atoms with van der Waals surface area (Å²) in [7, 11) is 0. The van der Waals surface area contributed by atoms with Crippen molar-refractivity contribution in [1.29, 1.82) is 0 Å². The molecule has 0 saturated carbocycles. The van der Waals surface area contributed by atoms with Crippen LogP contribution < -0.4 is 5.32 Å². The zero-order valence-electron chi connectivity index (χ0n) is 16.1. The van der Waals surface area contributed by atoms with Gasteiger partial charge in [0.1, 0.15) is 0 Å². The topological polar surface area (TPSA) is 81.7 Å². The van der Waals surface area contributed by atoms with E-state index in [9.17, 15) is 14.4 Å². The third-order valence-electron chi connectivity index (χ3n) is 4.51. The first kappa shape index (κ1) is 20.4. The van der Waals surface area contributed by atoms with Gasteiger partial charge in [0.2, 0.25) is 11.4 Å². The van der Waals surface area contributed by atoms with E-state index in [1.54, 1.807) is 20.8 Å². The van der Waals surface area contributed by atoms with Gasteiger partial charge in [-0.25, -0.2) is 9.59 Å². The third kappa shape index (κ3) is 3.94. The summed E-state index contributed by atoms with van der Waals surface area (Å²) in [5.74, 6) is -2.91. The average molecular weight is 371 g/mol. The third-order valence-corrected chi connectivity index (χ3v) is 4.51. The second kappa shape index (κ2) is 8.66. The first-order chi connectivity index (χ1) is 12.9. The molecule has 0 fully saturated rings. The number of nitrogens with one attached hydrogen (secondary N) is 1. The van der Waals surface area contributed by atoms with Gasteiger partial charge < -0.3 is 14.8 Å². The van der Waals surface area contributed by atoms with Crippen LogP contribution in [0.3, 0.4) is 0 Å². The summed E-state index contributed by atoms with van der Waals surface area (Å²) in [6, 6.07) is 13.3. The number of carbonyl (C=O) groups is 3. The van der Waals surface area contributed by atoms with Gasteiger partial charge in [-0.15, -0.1) is 0 Å². The fraction of sp³-hybridized carbons (Fsp3) is 0.381. The van der Waals surface area contributed by atoms with Crippen LogP contribution in [0.2, 0.25) is 0 Å². The van der Waals surface area contributed by atoms with Crippen molar-refractivity contribution in [3.63, 3.8) is 0 Å². The molecular weight excluding hydrogens is 346 g/mol. The van der Waals surface area contributed by atoms with Crippen molar-refractivity contribution in [2.75, 3.05) is 13.2 Å². The number of ether oxygens (including phenoxy) is 2. The molecule has 144 valence electrons. The minimum atomic E-state index is -1.97. The van der Waals surface area contributed by atoms with Crippen molar-refractivity contribution in [3.8, 4) is 0 Å². The van der Waals surface area contributed by atoms with Crippen molar-refractivity contribution in [2.24, 2.45) is 0 Å². The molecule has 0 aliphatic heterocycles. The van der Waals surface area contributed by atoms with E-state index < -0.39 is 29.3 Å². The molecule has 2 aromatic rings. The Morgan fingerprint density at radius 2 is 1.52 bits per heavy atom. The van der Waals surface area contributed by atoms with Gasteiger partial charge in [0.15, 0.2) is 0 Å². The van der Waals surface area contributed by atoms with Crippen LogP contribution in [0.1, 0.15) is 39.2 Å². The highest BCUT2D eigenvalue weighted by atomic mass is 16.6. The molecule has 1 unspecified atom stereocenters. The highest BCUT2D eigenvalue weighted by Gasteiger charge is 2.55. The Bertz CT molecular complexity index is 822. The van der Waals surface area contributed by atoms with Crippen molar-refractivity contribution in [1.82, 2.24) is 5.32 Å². The Balaban J connectivity index is 2.70. The van der Waals surface area contributed by atoms with Gasteiger partial charge in [0.05, 0.1) is 13.2 Å². The second-order valence-corrected chi connectivity index (χ2v) is 6.22. The molecular formula is C21H25NO5. The maximum Gasteiger partial charge on any atom is 0.344 e. The molecule has 2 rings (SSSR count). The molecule has 0 radical (unpaired) electrons. The Morgan fingerprint density at radius 3 is 2.07 bits per heavy atom. The predicted octanol–water partition coefficient (Wildman–Crippen LogP) is 2.94. The number of hydrogen-bond acceptors (Lipinski definition) is 5. The Labute approximate surface area is 158 Å². The molecule has 0 aliphatic rings. The van der Waals surface area contributed by atoms with E-state index in [2.05, 4.69) is 5.32 Å². The molecule has 0 aliphatic carbocycles. The standard InChI is InChI=1S/C21H25NO5/c1-5-26-19(24)21(22-15(4)23,20(25)27-6-2)14(3)17-13-9-11-16-10-7-8-12-18(16)17/h7-14H,5-6H2,1-4H3,(H,22,23). The number of fused-ring (bicyclic) bond motifs is 1. The summed E-state index contributed by atoms with van der Waals surface area (Å²) in [6.07, 6.45) is 0. The fourth-order valence-corrected chi connectivity index (χ4v) is 3.28. The minimum absolute atomic E-state index is 0.0713. The van der Waals surface area contributed by atoms with Crippen LogP contribution in [0.4, 0.5) is 0 Å². The number of amides is 1. The van der Waals surface area contributed by atoms with Crippen LogP contribution in [0, 0.1) is 0 Å². The lowest BCUT2D eigenvalue weighted by Gasteiger charge is -2.35. The first-order valence-corrected chi connectivity index (χ1v) is 8.99. The van der Waals surface area contributed by atoms with E-state index >= 15 is 0 Å². The van der Waals surface area contributed by atoms with E-state index in [1.807, 2.05) is 42.5 Å². The zero-order valence-corrected chi connectivity index (χ0v) is 16.1. The van der Waals surface area contributed by atoms with Crippen molar-refractivity contribution < 1.29 is 23.9 Å². The summed E-state index contributed by atoms with van der Waals surface area (Å²) in [6.45, 7) is 6.40. The second-order valence-electron chi connectivity index (χ2n) is 6.22. The monoisotopic (exact) mass is 371 g/mol. The van der Waals surface area contributed by atoms with Crippen molar-refractivity contribution in [3.05, 3.63) is 48.0 Å². The molecule has 1 N–H and O–H groups in total. The number of carbonyl (C=O) groups excluding carboxylic acids is 3. The highest BCUT2D eigenvalue weighted by Crippen LogP contribution is 2.35. The van der Waals surface area contributed by atoms with E-state index in [0.717, 1.165) is 16.3 Å². The van der Waals surface area contributed by atoms with Gasteiger partial charge in [-0.3, -0.25) is 4.79 Å². The van der Waals surface area contributed by atoms with E-state index in [0.29, 0.717) is 0 Å². The molecule has 27 heavy (non-hydrogen) atoms. The Kier molecular flexibility index (Phi) is 6.55. The zero-order chi connectivity index (χ0) is 20.0. The first-order valence-electron chi connectivity index (χ1n) is 8.99. The summed E-state index contributed by atoms with van der Waals surface area (Å²) >= 11 is 0. The van der Waals surface area contributed by atoms with Gasteiger partial charge in [0, 0.05) is 12.8 Å². The SMILES string of the molecule is CCOC(=O)C(NC(C)=O)(C(=O)OCC)C(C)c1cccc2ccccc12. The van der Waals surface area contributed by atoms with E-state index in [4.69, 9.17) is 9.47 Å². The van der Waals surface area contributed by atoms with Gasteiger partial charge in [-0.1, -0.05) is 49.4 Å². The molecule has 0 aromatic heterocycles. The Morgan fingerprint density at radius 1 is 0.963 bits per heavy atom. The molecule has 6 heteroatoms. The lowest BCUT2D eigenvalue weighted by Crippen LogP contribution is -2.64. The van der Waals surface area contributed by atoms with Crippen molar-refractivity contribution >= 4 is 28.6 Å². The molecule has 0 saturated heterocycles.